The number of aromatic nitrogens is 1. The van der Waals surface area contributed by atoms with Crippen LogP contribution in [0.3, 0.4) is 0 Å². The number of amides is 2. The van der Waals surface area contributed by atoms with Crippen LogP contribution in [0, 0.1) is 0 Å². The van der Waals surface area contributed by atoms with Crippen LogP contribution < -0.4 is 16.4 Å². The SMILES string of the molecule is O=C(CCn1c(=O)oc2ccccc21)NCCNC(=O)c1ccccc1Cl. The molecule has 1 aromatic heterocycles. The number of carbonyl (C=O) groups excluding carboxylic acids is 2. The van der Waals surface area contributed by atoms with Crippen LogP contribution in [-0.2, 0) is 11.3 Å². The molecular weight excluding hydrogens is 370 g/mol. The fourth-order valence-electron chi connectivity index (χ4n) is 2.65. The van der Waals surface area contributed by atoms with Crippen molar-refractivity contribution in [3.63, 3.8) is 0 Å². The van der Waals surface area contributed by atoms with Crippen molar-refractivity contribution in [2.45, 2.75) is 13.0 Å². The van der Waals surface area contributed by atoms with Crippen molar-refractivity contribution in [3.8, 4) is 0 Å². The third kappa shape index (κ3) is 4.57. The minimum atomic E-state index is -0.490. The highest BCUT2D eigenvalue weighted by atomic mass is 35.5. The van der Waals surface area contributed by atoms with Crippen LogP contribution in [0.25, 0.3) is 11.1 Å². The maximum atomic E-state index is 12.0. The largest absolute Gasteiger partial charge is 0.419 e. The molecule has 0 unspecified atom stereocenters. The highest BCUT2D eigenvalue weighted by Gasteiger charge is 2.11. The van der Waals surface area contributed by atoms with Gasteiger partial charge in [0.1, 0.15) is 0 Å². The number of aryl methyl sites for hydroxylation is 1. The molecule has 1 heterocycles. The first-order valence-corrected chi connectivity index (χ1v) is 8.82. The molecule has 0 spiro atoms. The molecule has 0 atom stereocenters. The summed E-state index contributed by atoms with van der Waals surface area (Å²) < 4.78 is 6.55. The number of para-hydroxylation sites is 2. The molecule has 3 aromatic rings. The number of rotatable bonds is 7. The third-order valence-corrected chi connectivity index (χ3v) is 4.32. The zero-order valence-electron chi connectivity index (χ0n) is 14.4. The van der Waals surface area contributed by atoms with Crippen molar-refractivity contribution in [2.24, 2.45) is 0 Å². The van der Waals surface area contributed by atoms with E-state index in [0.29, 0.717) is 21.7 Å². The Balaban J connectivity index is 1.44. The molecule has 2 amide bonds. The Kier molecular flexibility index (Phi) is 5.93. The Morgan fingerprint density at radius 3 is 2.52 bits per heavy atom. The fraction of sp³-hybridized carbons (Fsp3) is 0.211. The second kappa shape index (κ2) is 8.55. The van der Waals surface area contributed by atoms with Gasteiger partial charge in [-0.05, 0) is 24.3 Å². The number of fused-ring (bicyclic) bond motifs is 1. The summed E-state index contributed by atoms with van der Waals surface area (Å²) >= 11 is 5.96. The maximum Gasteiger partial charge on any atom is 0.419 e. The number of nitrogens with one attached hydrogen (secondary N) is 2. The van der Waals surface area contributed by atoms with E-state index >= 15 is 0 Å². The van der Waals surface area contributed by atoms with Gasteiger partial charge in [-0.15, -0.1) is 0 Å². The molecule has 0 bridgehead atoms. The molecule has 27 heavy (non-hydrogen) atoms. The summed E-state index contributed by atoms with van der Waals surface area (Å²) in [6, 6.07) is 13.8. The number of carbonyl (C=O) groups is 2. The Hall–Kier alpha value is -3.06. The Bertz CT molecular complexity index is 1020. The van der Waals surface area contributed by atoms with Gasteiger partial charge >= 0.3 is 5.76 Å². The van der Waals surface area contributed by atoms with Crippen LogP contribution >= 0.6 is 11.6 Å². The first-order chi connectivity index (χ1) is 13.1. The first kappa shape index (κ1) is 18.7. The van der Waals surface area contributed by atoms with E-state index in [9.17, 15) is 14.4 Å². The van der Waals surface area contributed by atoms with Crippen LogP contribution in [0.1, 0.15) is 16.8 Å². The van der Waals surface area contributed by atoms with Crippen LogP contribution in [0.4, 0.5) is 0 Å². The highest BCUT2D eigenvalue weighted by molar-refractivity contribution is 6.33. The predicted octanol–water partition coefficient (Wildman–Crippen LogP) is 2.18. The van der Waals surface area contributed by atoms with Gasteiger partial charge in [0, 0.05) is 26.1 Å². The lowest BCUT2D eigenvalue weighted by Gasteiger charge is -2.08. The molecule has 0 aliphatic carbocycles. The fourth-order valence-corrected chi connectivity index (χ4v) is 2.87. The smallest absolute Gasteiger partial charge is 0.408 e. The van der Waals surface area contributed by atoms with E-state index in [-0.39, 0.29) is 37.9 Å². The third-order valence-electron chi connectivity index (χ3n) is 3.99. The number of nitrogens with zero attached hydrogens (tertiary/aromatic N) is 1. The van der Waals surface area contributed by atoms with Crippen LogP contribution in [0.2, 0.25) is 5.02 Å². The molecule has 7 nitrogen and oxygen atoms in total. The number of halogens is 1. The van der Waals surface area contributed by atoms with E-state index in [1.54, 1.807) is 48.5 Å². The predicted molar refractivity (Wildman–Crippen MR) is 102 cm³/mol. The van der Waals surface area contributed by atoms with Crippen molar-refractivity contribution >= 4 is 34.5 Å². The van der Waals surface area contributed by atoms with E-state index in [0.717, 1.165) is 0 Å². The number of benzene rings is 2. The van der Waals surface area contributed by atoms with E-state index in [1.165, 1.54) is 4.57 Å². The highest BCUT2D eigenvalue weighted by Crippen LogP contribution is 2.14. The normalized spacial score (nSPS) is 10.7. The molecule has 2 N–H and O–H groups in total. The average molecular weight is 388 g/mol. The van der Waals surface area contributed by atoms with Gasteiger partial charge in [-0.1, -0.05) is 35.9 Å². The molecule has 0 saturated carbocycles. The molecular formula is C19H18ClN3O4. The summed E-state index contributed by atoms with van der Waals surface area (Å²) in [6.07, 6.45) is 0.127. The van der Waals surface area contributed by atoms with E-state index in [2.05, 4.69) is 10.6 Å². The monoisotopic (exact) mass is 387 g/mol. The van der Waals surface area contributed by atoms with Gasteiger partial charge < -0.3 is 15.1 Å². The maximum absolute atomic E-state index is 12.0. The van der Waals surface area contributed by atoms with Crippen molar-refractivity contribution in [3.05, 3.63) is 69.7 Å². The molecule has 0 fully saturated rings. The number of hydrogen-bond acceptors (Lipinski definition) is 4. The topological polar surface area (TPSA) is 93.3 Å². The summed E-state index contributed by atoms with van der Waals surface area (Å²) in [6.45, 7) is 0.758. The molecule has 2 aromatic carbocycles. The second-order valence-corrected chi connectivity index (χ2v) is 6.23. The zero-order valence-corrected chi connectivity index (χ0v) is 15.2. The molecule has 0 radical (unpaired) electrons. The summed E-state index contributed by atoms with van der Waals surface area (Å²) in [5, 5.41) is 5.76. The summed E-state index contributed by atoms with van der Waals surface area (Å²) in [5.74, 6) is -1.01. The second-order valence-electron chi connectivity index (χ2n) is 5.82. The number of oxazole rings is 1. The van der Waals surface area contributed by atoms with Gasteiger partial charge in [-0.3, -0.25) is 14.2 Å². The minimum absolute atomic E-state index is 0.127. The summed E-state index contributed by atoms with van der Waals surface area (Å²) in [4.78, 5) is 35.8. The number of hydrogen-bond donors (Lipinski definition) is 2. The van der Waals surface area contributed by atoms with Gasteiger partial charge in [0.05, 0.1) is 16.1 Å². The molecule has 0 aliphatic rings. The van der Waals surface area contributed by atoms with E-state index in [1.807, 2.05) is 0 Å². The zero-order chi connectivity index (χ0) is 19.2. The lowest BCUT2D eigenvalue weighted by Crippen LogP contribution is -2.35. The van der Waals surface area contributed by atoms with E-state index < -0.39 is 5.76 Å². The van der Waals surface area contributed by atoms with Crippen molar-refractivity contribution in [1.82, 2.24) is 15.2 Å². The van der Waals surface area contributed by atoms with Crippen molar-refractivity contribution in [2.75, 3.05) is 13.1 Å². The molecule has 140 valence electrons. The summed E-state index contributed by atoms with van der Waals surface area (Å²) in [5.41, 5.74) is 1.53. The summed E-state index contributed by atoms with van der Waals surface area (Å²) in [7, 11) is 0. The lowest BCUT2D eigenvalue weighted by atomic mass is 10.2. The van der Waals surface area contributed by atoms with Crippen LogP contribution in [0.15, 0.2) is 57.7 Å². The average Bonchev–Trinajstić information content (AvgIpc) is 2.99. The molecule has 3 rings (SSSR count). The minimum Gasteiger partial charge on any atom is -0.408 e. The van der Waals surface area contributed by atoms with Gasteiger partial charge in [0.2, 0.25) is 5.91 Å². The lowest BCUT2D eigenvalue weighted by molar-refractivity contribution is -0.121. The van der Waals surface area contributed by atoms with Crippen LogP contribution in [-0.4, -0.2) is 29.5 Å². The Morgan fingerprint density at radius 2 is 1.70 bits per heavy atom. The molecule has 0 aliphatic heterocycles. The van der Waals surface area contributed by atoms with Gasteiger partial charge in [-0.2, -0.15) is 0 Å². The van der Waals surface area contributed by atoms with Gasteiger partial charge in [0.25, 0.3) is 5.91 Å². The van der Waals surface area contributed by atoms with E-state index in [4.69, 9.17) is 16.0 Å². The van der Waals surface area contributed by atoms with Gasteiger partial charge in [0.15, 0.2) is 5.58 Å². The Morgan fingerprint density at radius 1 is 1.00 bits per heavy atom. The molecule has 8 heteroatoms. The van der Waals surface area contributed by atoms with Crippen LogP contribution in [0.5, 0.6) is 0 Å². The standard InChI is InChI=1S/C19H18ClN3O4/c20-14-6-2-1-5-13(14)18(25)22-11-10-21-17(24)9-12-23-15-7-3-4-8-16(15)27-19(23)26/h1-8H,9-12H2,(H,21,24)(H,22,25). The van der Waals surface area contributed by atoms with Crippen molar-refractivity contribution < 1.29 is 14.0 Å². The van der Waals surface area contributed by atoms with Gasteiger partial charge in [-0.25, -0.2) is 4.79 Å². The Labute approximate surface area is 159 Å². The first-order valence-electron chi connectivity index (χ1n) is 8.44. The molecule has 0 saturated heterocycles. The van der Waals surface area contributed by atoms with Crippen molar-refractivity contribution in [1.29, 1.82) is 0 Å². The quantitative estimate of drug-likeness (QED) is 0.608.